The van der Waals surface area contributed by atoms with Crippen molar-refractivity contribution < 1.29 is 19.1 Å². The van der Waals surface area contributed by atoms with Crippen LogP contribution >= 0.6 is 11.8 Å². The number of hydrogen-bond acceptors (Lipinski definition) is 6. The zero-order valence-electron chi connectivity index (χ0n) is 19.6. The molecule has 3 amide bonds. The van der Waals surface area contributed by atoms with Gasteiger partial charge in [-0.3, -0.25) is 14.9 Å². The molecule has 0 radical (unpaired) electrons. The van der Waals surface area contributed by atoms with Gasteiger partial charge in [0.05, 0.1) is 10.6 Å². The van der Waals surface area contributed by atoms with Gasteiger partial charge in [0.2, 0.25) is 0 Å². The predicted octanol–water partition coefficient (Wildman–Crippen LogP) is 5.17. The van der Waals surface area contributed by atoms with Crippen LogP contribution in [0.1, 0.15) is 39.2 Å². The fourth-order valence-electron chi connectivity index (χ4n) is 4.22. The lowest BCUT2D eigenvalue weighted by molar-refractivity contribution is -0.115. The summed E-state index contributed by atoms with van der Waals surface area (Å²) in [5, 5.41) is 4.97. The third-order valence-electron chi connectivity index (χ3n) is 5.54. The van der Waals surface area contributed by atoms with E-state index in [4.69, 9.17) is 4.74 Å². The largest absolute Gasteiger partial charge is 0.444 e. The number of hydrogen-bond donors (Lipinski definition) is 2. The number of amides is 3. The van der Waals surface area contributed by atoms with Crippen LogP contribution < -0.4 is 15.5 Å². The molecular weight excluding hydrogens is 450 g/mol. The average molecular weight is 480 g/mol. The van der Waals surface area contributed by atoms with Crippen molar-refractivity contribution in [1.82, 2.24) is 10.6 Å². The van der Waals surface area contributed by atoms with E-state index in [-0.39, 0.29) is 17.2 Å². The van der Waals surface area contributed by atoms with E-state index in [1.54, 1.807) is 6.08 Å². The molecule has 7 nitrogen and oxygen atoms in total. The Labute approximate surface area is 203 Å². The van der Waals surface area contributed by atoms with E-state index in [0.29, 0.717) is 11.4 Å². The van der Waals surface area contributed by atoms with Crippen LogP contribution in [0.15, 0.2) is 53.4 Å². The summed E-state index contributed by atoms with van der Waals surface area (Å²) in [5.74, 6) is -0.380. The Kier molecular flexibility index (Phi) is 6.97. The number of benzene rings is 2. The van der Waals surface area contributed by atoms with Gasteiger partial charge >= 0.3 is 6.09 Å². The topological polar surface area (TPSA) is 87.7 Å². The van der Waals surface area contributed by atoms with Crippen LogP contribution in [0.5, 0.6) is 0 Å². The number of anilines is 1. The zero-order valence-corrected chi connectivity index (χ0v) is 20.4. The molecule has 0 spiro atoms. The van der Waals surface area contributed by atoms with Crippen molar-refractivity contribution >= 4 is 40.8 Å². The maximum Gasteiger partial charge on any atom is 0.407 e. The summed E-state index contributed by atoms with van der Waals surface area (Å²) < 4.78 is 5.45. The number of nitrogens with one attached hydrogen (secondary N) is 2. The summed E-state index contributed by atoms with van der Waals surface area (Å²) in [6.07, 6.45) is 3.10. The van der Waals surface area contributed by atoms with Gasteiger partial charge < -0.3 is 15.0 Å². The zero-order chi connectivity index (χ0) is 24.3. The lowest BCUT2D eigenvalue weighted by Gasteiger charge is -2.37. The molecule has 178 valence electrons. The molecule has 2 fully saturated rings. The molecule has 0 bridgehead atoms. The van der Waals surface area contributed by atoms with Crippen LogP contribution in [0.4, 0.5) is 15.3 Å². The second kappa shape index (κ2) is 9.93. The van der Waals surface area contributed by atoms with Crippen LogP contribution in [0.2, 0.25) is 0 Å². The maximum atomic E-state index is 12.4. The van der Waals surface area contributed by atoms with Gasteiger partial charge in [-0.15, -0.1) is 0 Å². The van der Waals surface area contributed by atoms with E-state index in [1.165, 1.54) is 0 Å². The number of nitrogens with zero attached hydrogens (tertiary/aromatic N) is 1. The molecule has 2 aromatic rings. The number of alkyl carbamates (subject to hydrolysis) is 1. The molecule has 2 aromatic carbocycles. The number of thioether (sulfide) groups is 1. The monoisotopic (exact) mass is 479 g/mol. The maximum absolute atomic E-state index is 12.4. The van der Waals surface area contributed by atoms with E-state index in [1.807, 2.05) is 51.1 Å². The Bertz CT molecular complexity index is 1120. The molecule has 0 aromatic heterocycles. The first kappa shape index (κ1) is 23.9. The molecule has 1 atom stereocenters. The van der Waals surface area contributed by atoms with Crippen LogP contribution in [-0.2, 0) is 9.53 Å². The summed E-state index contributed by atoms with van der Waals surface area (Å²) in [5.41, 5.74) is 3.35. The van der Waals surface area contributed by atoms with Crippen LogP contribution in [-0.4, -0.2) is 42.0 Å². The molecule has 0 aliphatic carbocycles. The van der Waals surface area contributed by atoms with Crippen molar-refractivity contribution in [2.75, 3.05) is 18.0 Å². The van der Waals surface area contributed by atoms with Gasteiger partial charge in [-0.25, -0.2) is 4.79 Å². The molecule has 8 heteroatoms. The molecule has 1 unspecified atom stereocenters. The minimum atomic E-state index is -0.561. The van der Waals surface area contributed by atoms with Gasteiger partial charge in [-0.1, -0.05) is 48.5 Å². The predicted molar refractivity (Wildman–Crippen MR) is 136 cm³/mol. The van der Waals surface area contributed by atoms with E-state index in [9.17, 15) is 14.4 Å². The summed E-state index contributed by atoms with van der Waals surface area (Å²) in [7, 11) is 0. The van der Waals surface area contributed by atoms with Crippen molar-refractivity contribution in [3.05, 3.63) is 59.0 Å². The van der Waals surface area contributed by atoms with Crippen LogP contribution in [0, 0.1) is 0 Å². The average Bonchev–Trinajstić information content (AvgIpc) is 3.09. The van der Waals surface area contributed by atoms with Gasteiger partial charge in [0.1, 0.15) is 5.60 Å². The Balaban J connectivity index is 1.69. The second-order valence-electron chi connectivity index (χ2n) is 9.39. The highest BCUT2D eigenvalue weighted by Crippen LogP contribution is 2.38. The fraction of sp³-hybridized carbons (Fsp3) is 0.346. The van der Waals surface area contributed by atoms with Gasteiger partial charge in [0.15, 0.2) is 0 Å². The first-order valence-corrected chi connectivity index (χ1v) is 12.2. The Morgan fingerprint density at radius 2 is 1.91 bits per heavy atom. The first-order valence-electron chi connectivity index (χ1n) is 11.4. The smallest absolute Gasteiger partial charge is 0.407 e. The molecule has 2 heterocycles. The molecule has 2 aliphatic rings. The van der Waals surface area contributed by atoms with Crippen molar-refractivity contribution in [3.8, 4) is 11.1 Å². The molecular formula is C26H29N3O4S. The number of para-hydroxylation sites is 1. The minimum Gasteiger partial charge on any atom is -0.444 e. The SMILES string of the molecule is CC(C)(C)OC(=O)NC1CCCN(c2c(/C=C3/SC(=O)NC3=O)cccc2-c2ccccc2)C1. The summed E-state index contributed by atoms with van der Waals surface area (Å²) >= 11 is 0.909. The molecule has 0 saturated carbocycles. The quantitative estimate of drug-likeness (QED) is 0.588. The van der Waals surface area contributed by atoms with Crippen molar-refractivity contribution in [2.24, 2.45) is 0 Å². The van der Waals surface area contributed by atoms with E-state index >= 15 is 0 Å². The fourth-order valence-corrected chi connectivity index (χ4v) is 4.89. The number of rotatable bonds is 4. The Morgan fingerprint density at radius 3 is 2.59 bits per heavy atom. The van der Waals surface area contributed by atoms with E-state index in [0.717, 1.165) is 53.5 Å². The van der Waals surface area contributed by atoms with Crippen molar-refractivity contribution in [1.29, 1.82) is 0 Å². The molecule has 2 saturated heterocycles. The second-order valence-corrected chi connectivity index (χ2v) is 10.4. The van der Waals surface area contributed by atoms with Gasteiger partial charge in [-0.05, 0) is 62.6 Å². The van der Waals surface area contributed by atoms with E-state index in [2.05, 4.69) is 33.7 Å². The van der Waals surface area contributed by atoms with Gasteiger partial charge in [0.25, 0.3) is 11.1 Å². The molecule has 2 N–H and O–H groups in total. The number of imide groups is 1. The Hall–Kier alpha value is -3.26. The minimum absolute atomic E-state index is 0.0707. The first-order chi connectivity index (χ1) is 16.2. The summed E-state index contributed by atoms with van der Waals surface area (Å²) in [6, 6.07) is 16.0. The third kappa shape index (κ3) is 5.80. The third-order valence-corrected chi connectivity index (χ3v) is 6.35. The Morgan fingerprint density at radius 1 is 1.15 bits per heavy atom. The molecule has 4 rings (SSSR count). The highest BCUT2D eigenvalue weighted by Gasteiger charge is 2.29. The van der Waals surface area contributed by atoms with Crippen molar-refractivity contribution in [3.63, 3.8) is 0 Å². The molecule has 34 heavy (non-hydrogen) atoms. The lowest BCUT2D eigenvalue weighted by atomic mass is 9.96. The highest BCUT2D eigenvalue weighted by atomic mass is 32.2. The van der Waals surface area contributed by atoms with E-state index < -0.39 is 11.7 Å². The number of carbonyl (C=O) groups is 3. The molecule has 2 aliphatic heterocycles. The standard InChI is InChI=1S/C26H29N3O4S/c1-26(2,3)33-24(31)27-19-12-8-14-29(16-19)22-18(15-21-23(30)28-25(32)34-21)11-7-13-20(22)17-9-5-4-6-10-17/h4-7,9-11,13,15,19H,8,12,14,16H2,1-3H3,(H,27,31)(H,28,30,32)/b21-15+. The van der Waals surface area contributed by atoms with Gasteiger partial charge in [0, 0.05) is 24.7 Å². The van der Waals surface area contributed by atoms with Crippen LogP contribution in [0.3, 0.4) is 0 Å². The summed E-state index contributed by atoms with van der Waals surface area (Å²) in [6.45, 7) is 6.95. The van der Waals surface area contributed by atoms with Crippen molar-refractivity contribution in [2.45, 2.75) is 45.3 Å². The summed E-state index contributed by atoms with van der Waals surface area (Å²) in [4.78, 5) is 38.9. The number of piperidine rings is 1. The number of ether oxygens (including phenoxy) is 1. The number of carbonyl (C=O) groups excluding carboxylic acids is 3. The highest BCUT2D eigenvalue weighted by molar-refractivity contribution is 8.18. The van der Waals surface area contributed by atoms with Gasteiger partial charge in [-0.2, -0.15) is 0 Å². The lowest BCUT2D eigenvalue weighted by Crippen LogP contribution is -2.49. The van der Waals surface area contributed by atoms with Crippen LogP contribution in [0.25, 0.3) is 17.2 Å². The normalized spacial score (nSPS) is 19.8.